The highest BCUT2D eigenvalue weighted by Gasteiger charge is 2.59. The van der Waals surface area contributed by atoms with Crippen LogP contribution in [0.2, 0.25) is 0 Å². The summed E-state index contributed by atoms with van der Waals surface area (Å²) in [5.74, 6) is 5.19. The van der Waals surface area contributed by atoms with Gasteiger partial charge in [0.05, 0.1) is 0 Å². The van der Waals surface area contributed by atoms with Crippen molar-refractivity contribution in [1.82, 2.24) is 0 Å². The highest BCUT2D eigenvalue weighted by molar-refractivity contribution is 5.66. The number of ether oxygens (including phenoxy) is 1. The summed E-state index contributed by atoms with van der Waals surface area (Å²) in [6.45, 7) is 14.1. The second-order valence-corrected chi connectivity index (χ2v) is 12.8. The van der Waals surface area contributed by atoms with Gasteiger partial charge in [-0.2, -0.15) is 0 Å². The minimum absolute atomic E-state index is 0.115. The molecule has 0 radical (unpaired) electrons. The van der Waals surface area contributed by atoms with Crippen molar-refractivity contribution in [2.75, 3.05) is 0 Å². The monoisotopic (exact) mass is 428 g/mol. The van der Waals surface area contributed by atoms with E-state index in [1.165, 1.54) is 57.8 Å². The molecule has 0 heterocycles. The van der Waals surface area contributed by atoms with Gasteiger partial charge >= 0.3 is 5.97 Å². The molecule has 0 aromatic rings. The molecule has 4 aliphatic rings. The van der Waals surface area contributed by atoms with Crippen molar-refractivity contribution in [2.45, 2.75) is 118 Å². The molecule has 176 valence electrons. The predicted molar refractivity (Wildman–Crippen MR) is 129 cm³/mol. The maximum absolute atomic E-state index is 11.5. The van der Waals surface area contributed by atoms with Crippen molar-refractivity contribution in [1.29, 1.82) is 0 Å². The molecule has 4 rings (SSSR count). The zero-order valence-corrected chi connectivity index (χ0v) is 21.2. The molecule has 2 nitrogen and oxygen atoms in total. The van der Waals surface area contributed by atoms with Gasteiger partial charge in [0.15, 0.2) is 0 Å². The molecule has 31 heavy (non-hydrogen) atoms. The number of hydrogen-bond donors (Lipinski definition) is 0. The Hall–Kier alpha value is -0.790. The molecule has 4 aliphatic carbocycles. The number of fused-ring (bicyclic) bond motifs is 5. The molecule has 0 saturated heterocycles. The largest absolute Gasteiger partial charge is 0.462 e. The van der Waals surface area contributed by atoms with Gasteiger partial charge in [-0.3, -0.25) is 4.79 Å². The molecule has 0 spiro atoms. The topological polar surface area (TPSA) is 26.3 Å². The van der Waals surface area contributed by atoms with Gasteiger partial charge < -0.3 is 4.74 Å². The molecule has 0 unspecified atom stereocenters. The van der Waals surface area contributed by atoms with E-state index in [0.717, 1.165) is 48.3 Å². The lowest BCUT2D eigenvalue weighted by atomic mass is 9.47. The van der Waals surface area contributed by atoms with E-state index in [2.05, 4.69) is 40.7 Å². The molecule has 0 N–H and O–H groups in total. The van der Waals surface area contributed by atoms with Crippen LogP contribution >= 0.6 is 0 Å². The van der Waals surface area contributed by atoms with Crippen LogP contribution in [0.5, 0.6) is 0 Å². The van der Waals surface area contributed by atoms with Gasteiger partial charge in [-0.1, -0.05) is 65.5 Å². The van der Waals surface area contributed by atoms with Crippen LogP contribution in [0, 0.1) is 46.3 Å². The van der Waals surface area contributed by atoms with Gasteiger partial charge in [0.25, 0.3) is 0 Å². The Morgan fingerprint density at radius 3 is 2.55 bits per heavy atom. The standard InChI is InChI=1S/C29H48O2/c1-19(2)8-7-9-20(3)25-12-13-26-24-11-10-22-18-23(31-21(4)30)14-16-28(22,5)27(24)15-17-29(25,26)6/h10,19-20,23-27H,7-9,11-18H2,1-6H3/t20-,23+,24+,25-,26-,27-,28+,29-/m1/s1. The Kier molecular flexibility index (Phi) is 6.68. The average Bonchev–Trinajstić information content (AvgIpc) is 3.05. The Morgan fingerprint density at radius 1 is 1.06 bits per heavy atom. The van der Waals surface area contributed by atoms with Crippen LogP contribution in [-0.4, -0.2) is 12.1 Å². The Bertz CT molecular complexity index is 693. The number of hydrogen-bond acceptors (Lipinski definition) is 2. The first-order valence-corrected chi connectivity index (χ1v) is 13.5. The molecule has 0 bridgehead atoms. The summed E-state index contributed by atoms with van der Waals surface area (Å²) < 4.78 is 5.61. The first kappa shape index (κ1) is 23.4. The summed E-state index contributed by atoms with van der Waals surface area (Å²) in [4.78, 5) is 11.5. The molecule has 3 saturated carbocycles. The van der Waals surface area contributed by atoms with Crippen LogP contribution in [0.4, 0.5) is 0 Å². The van der Waals surface area contributed by atoms with E-state index in [1.807, 2.05) is 0 Å². The summed E-state index contributed by atoms with van der Waals surface area (Å²) in [6, 6.07) is 0. The number of esters is 1. The molecule has 0 aromatic heterocycles. The lowest BCUT2D eigenvalue weighted by Crippen LogP contribution is -2.51. The van der Waals surface area contributed by atoms with Crippen LogP contribution in [0.15, 0.2) is 11.6 Å². The Labute approximate surface area is 192 Å². The lowest BCUT2D eigenvalue weighted by Gasteiger charge is -2.58. The first-order valence-electron chi connectivity index (χ1n) is 13.5. The summed E-state index contributed by atoms with van der Waals surface area (Å²) in [5.41, 5.74) is 2.53. The normalized spacial score (nSPS) is 42.9. The smallest absolute Gasteiger partial charge is 0.302 e. The van der Waals surface area contributed by atoms with Crippen molar-refractivity contribution in [2.24, 2.45) is 46.3 Å². The molecule has 3 fully saturated rings. The average molecular weight is 429 g/mol. The van der Waals surface area contributed by atoms with Gasteiger partial charge in [0.2, 0.25) is 0 Å². The van der Waals surface area contributed by atoms with Gasteiger partial charge in [-0.05, 0) is 91.3 Å². The quantitative estimate of drug-likeness (QED) is 0.317. The molecule has 0 aliphatic heterocycles. The van der Waals surface area contributed by atoms with Crippen molar-refractivity contribution in [3.05, 3.63) is 11.6 Å². The highest BCUT2D eigenvalue weighted by Crippen LogP contribution is 2.67. The lowest BCUT2D eigenvalue weighted by molar-refractivity contribution is -0.148. The zero-order chi connectivity index (χ0) is 22.4. The number of allylic oxidation sites excluding steroid dienone is 1. The maximum Gasteiger partial charge on any atom is 0.302 e. The van der Waals surface area contributed by atoms with E-state index in [-0.39, 0.29) is 12.1 Å². The van der Waals surface area contributed by atoms with Crippen molar-refractivity contribution in [3.63, 3.8) is 0 Å². The van der Waals surface area contributed by atoms with E-state index in [0.29, 0.717) is 10.8 Å². The zero-order valence-electron chi connectivity index (χ0n) is 21.2. The molecule has 2 heteroatoms. The highest BCUT2D eigenvalue weighted by atomic mass is 16.5. The van der Waals surface area contributed by atoms with Crippen molar-refractivity contribution in [3.8, 4) is 0 Å². The van der Waals surface area contributed by atoms with Crippen molar-refractivity contribution >= 4 is 5.97 Å². The van der Waals surface area contributed by atoms with E-state index >= 15 is 0 Å². The first-order chi connectivity index (χ1) is 14.6. The molecule has 0 aromatic carbocycles. The number of rotatable bonds is 6. The minimum Gasteiger partial charge on any atom is -0.462 e. The fourth-order valence-electron chi connectivity index (χ4n) is 8.99. The fraction of sp³-hybridized carbons (Fsp3) is 0.897. The van der Waals surface area contributed by atoms with Crippen LogP contribution in [0.1, 0.15) is 112 Å². The summed E-state index contributed by atoms with van der Waals surface area (Å²) in [5, 5.41) is 0. The Morgan fingerprint density at radius 2 is 1.84 bits per heavy atom. The van der Waals surface area contributed by atoms with Gasteiger partial charge in [0.1, 0.15) is 6.10 Å². The minimum atomic E-state index is -0.115. The third-order valence-electron chi connectivity index (χ3n) is 10.6. The van der Waals surface area contributed by atoms with E-state index in [1.54, 1.807) is 12.5 Å². The summed E-state index contributed by atoms with van der Waals surface area (Å²) in [7, 11) is 0. The van der Waals surface area contributed by atoms with E-state index in [4.69, 9.17) is 4.74 Å². The van der Waals surface area contributed by atoms with Crippen LogP contribution in [0.25, 0.3) is 0 Å². The van der Waals surface area contributed by atoms with Crippen LogP contribution in [-0.2, 0) is 9.53 Å². The molecule has 0 amide bonds. The second-order valence-electron chi connectivity index (χ2n) is 12.8. The second kappa shape index (κ2) is 8.86. The van der Waals surface area contributed by atoms with Gasteiger partial charge in [0, 0.05) is 13.3 Å². The van der Waals surface area contributed by atoms with Gasteiger partial charge in [-0.25, -0.2) is 0 Å². The molecular formula is C29H48O2. The Balaban J connectivity index is 1.47. The van der Waals surface area contributed by atoms with Gasteiger partial charge in [-0.15, -0.1) is 0 Å². The van der Waals surface area contributed by atoms with Crippen LogP contribution < -0.4 is 0 Å². The molecule has 8 atom stereocenters. The predicted octanol–water partition coefficient (Wildman–Crippen LogP) is 7.96. The summed E-state index contributed by atoms with van der Waals surface area (Å²) >= 11 is 0. The van der Waals surface area contributed by atoms with Crippen LogP contribution in [0.3, 0.4) is 0 Å². The van der Waals surface area contributed by atoms with E-state index < -0.39 is 0 Å². The fourth-order valence-corrected chi connectivity index (χ4v) is 8.99. The molecular weight excluding hydrogens is 380 g/mol. The third-order valence-corrected chi connectivity index (χ3v) is 10.6. The number of carbonyl (C=O) groups excluding carboxylic acids is 1. The third kappa shape index (κ3) is 4.26. The van der Waals surface area contributed by atoms with Crippen molar-refractivity contribution < 1.29 is 9.53 Å². The maximum atomic E-state index is 11.5. The summed E-state index contributed by atoms with van der Waals surface area (Å²) in [6.07, 6.45) is 17.2. The van der Waals surface area contributed by atoms with E-state index in [9.17, 15) is 4.79 Å². The number of carbonyl (C=O) groups is 1. The SMILES string of the molecule is CC(=O)O[C@H]1CC[C@@]2(C)C(=CC[C@H]3[C@H]4CC[C@H]([C@H](C)CCCC(C)C)[C@@]4(C)CC[C@H]32)C1.